The number of amides is 1. The van der Waals surface area contributed by atoms with Crippen LogP contribution in [-0.4, -0.2) is 54.6 Å². The van der Waals surface area contributed by atoms with E-state index in [2.05, 4.69) is 16.3 Å². The first-order valence-electron chi connectivity index (χ1n) is 9.87. The Hall–Kier alpha value is -2.68. The molecule has 0 fully saturated rings. The van der Waals surface area contributed by atoms with E-state index in [9.17, 15) is 4.79 Å². The molecule has 1 amide bonds. The highest BCUT2D eigenvalue weighted by Crippen LogP contribution is 2.41. The minimum Gasteiger partial charge on any atom is -0.493 e. The van der Waals surface area contributed by atoms with Gasteiger partial charge in [-0.1, -0.05) is 17.8 Å². The van der Waals surface area contributed by atoms with Gasteiger partial charge in [0.15, 0.2) is 11.5 Å². The van der Waals surface area contributed by atoms with Gasteiger partial charge in [-0.25, -0.2) is 0 Å². The van der Waals surface area contributed by atoms with Crippen LogP contribution in [0.5, 0.6) is 17.2 Å². The molecule has 2 aromatic rings. The Labute approximate surface area is 180 Å². The van der Waals surface area contributed by atoms with Crippen molar-refractivity contribution in [1.29, 1.82) is 0 Å². The monoisotopic (exact) mass is 433 g/mol. The molecule has 0 atom stereocenters. The number of carbonyl (C=O) groups excluding carboxylic acids is 1. The number of rotatable bonds is 9. The van der Waals surface area contributed by atoms with E-state index in [0.29, 0.717) is 40.5 Å². The Bertz CT molecular complexity index is 887. The number of thioether (sulfide) groups is 1. The summed E-state index contributed by atoms with van der Waals surface area (Å²) >= 11 is 1.23. The molecule has 30 heavy (non-hydrogen) atoms. The van der Waals surface area contributed by atoms with Crippen molar-refractivity contribution < 1.29 is 23.4 Å². The minimum atomic E-state index is 0.0446. The van der Waals surface area contributed by atoms with Crippen molar-refractivity contribution >= 4 is 17.7 Å². The fraction of sp³-hybridized carbons (Fsp3) is 0.476. The van der Waals surface area contributed by atoms with Crippen LogP contribution in [0.4, 0.5) is 0 Å². The van der Waals surface area contributed by atoms with E-state index in [1.54, 1.807) is 33.5 Å². The summed E-state index contributed by atoms with van der Waals surface area (Å²) in [6, 6.07) is 3.48. The van der Waals surface area contributed by atoms with Crippen molar-refractivity contribution in [3.63, 3.8) is 0 Å². The second-order valence-electron chi connectivity index (χ2n) is 6.66. The Balaban J connectivity index is 1.71. The molecule has 1 aromatic heterocycles. The maximum absolute atomic E-state index is 12.7. The van der Waals surface area contributed by atoms with Gasteiger partial charge < -0.3 is 23.5 Å². The first kappa shape index (κ1) is 22.0. The predicted molar refractivity (Wildman–Crippen MR) is 114 cm³/mol. The van der Waals surface area contributed by atoms with Gasteiger partial charge in [-0.2, -0.15) is 0 Å². The molecule has 0 radical (unpaired) electrons. The summed E-state index contributed by atoms with van der Waals surface area (Å²) in [5.74, 6) is 2.07. The molecule has 8 nitrogen and oxygen atoms in total. The molecular formula is C21H27N3O5S. The van der Waals surface area contributed by atoms with E-state index in [-0.39, 0.29) is 11.7 Å². The zero-order valence-corrected chi connectivity index (χ0v) is 18.6. The quantitative estimate of drug-likeness (QED) is 0.545. The summed E-state index contributed by atoms with van der Waals surface area (Å²) in [4.78, 5) is 14.5. The standard InChI is InChI=1S/C21H27N3O5S/c1-5-24(15-9-7-6-8-10-15)18(25)13-30-21-23-22-20(29-21)14-11-16(26-2)19(28-4)17(12-14)27-3/h9,11-12H,5-8,10,13H2,1-4H3. The van der Waals surface area contributed by atoms with E-state index in [1.807, 2.05) is 11.8 Å². The van der Waals surface area contributed by atoms with Crippen molar-refractivity contribution in [2.45, 2.75) is 37.8 Å². The summed E-state index contributed by atoms with van der Waals surface area (Å²) in [5, 5.41) is 8.50. The molecule has 0 unspecified atom stereocenters. The van der Waals surface area contributed by atoms with Gasteiger partial charge >= 0.3 is 0 Å². The molecule has 1 aromatic carbocycles. The summed E-state index contributed by atoms with van der Waals surface area (Å²) in [6.07, 6.45) is 6.48. The van der Waals surface area contributed by atoms with Gasteiger partial charge in [-0.3, -0.25) is 4.79 Å². The van der Waals surface area contributed by atoms with Crippen LogP contribution in [0, 0.1) is 0 Å². The number of benzene rings is 1. The molecule has 1 aliphatic rings. The van der Waals surface area contributed by atoms with E-state index < -0.39 is 0 Å². The minimum absolute atomic E-state index is 0.0446. The normalized spacial score (nSPS) is 13.5. The molecule has 1 aliphatic carbocycles. The highest BCUT2D eigenvalue weighted by Gasteiger charge is 2.21. The van der Waals surface area contributed by atoms with Crippen molar-refractivity contribution in [2.24, 2.45) is 0 Å². The number of allylic oxidation sites excluding steroid dienone is 2. The zero-order chi connectivity index (χ0) is 21.5. The second kappa shape index (κ2) is 10.4. The van der Waals surface area contributed by atoms with E-state index in [1.165, 1.54) is 18.2 Å². The third kappa shape index (κ3) is 4.89. The van der Waals surface area contributed by atoms with Crippen molar-refractivity contribution in [3.8, 4) is 28.7 Å². The van der Waals surface area contributed by atoms with E-state index in [4.69, 9.17) is 18.6 Å². The molecule has 9 heteroatoms. The fourth-order valence-corrected chi connectivity index (χ4v) is 4.04. The molecule has 162 valence electrons. The highest BCUT2D eigenvalue weighted by molar-refractivity contribution is 7.99. The number of methoxy groups -OCH3 is 3. The van der Waals surface area contributed by atoms with Crippen LogP contribution in [-0.2, 0) is 4.79 Å². The molecular weight excluding hydrogens is 406 g/mol. The van der Waals surface area contributed by atoms with Gasteiger partial charge in [0.2, 0.25) is 17.5 Å². The lowest BCUT2D eigenvalue weighted by Gasteiger charge is -2.26. The van der Waals surface area contributed by atoms with Crippen LogP contribution in [0.2, 0.25) is 0 Å². The van der Waals surface area contributed by atoms with Crippen LogP contribution in [0.1, 0.15) is 32.6 Å². The SMILES string of the molecule is CCN(C(=O)CSc1nnc(-c2cc(OC)c(OC)c(OC)c2)o1)C1=CCCCC1. The molecule has 0 saturated heterocycles. The van der Waals surface area contributed by atoms with Crippen LogP contribution in [0.15, 0.2) is 33.5 Å². The second-order valence-corrected chi connectivity index (χ2v) is 7.58. The van der Waals surface area contributed by atoms with Gasteiger partial charge in [0.1, 0.15) is 0 Å². The average Bonchev–Trinajstić information content (AvgIpc) is 3.27. The maximum atomic E-state index is 12.7. The van der Waals surface area contributed by atoms with Crippen molar-refractivity contribution in [1.82, 2.24) is 15.1 Å². The van der Waals surface area contributed by atoms with Gasteiger partial charge in [0.05, 0.1) is 27.1 Å². The van der Waals surface area contributed by atoms with Crippen LogP contribution < -0.4 is 14.2 Å². The Kier molecular flexibility index (Phi) is 7.62. The van der Waals surface area contributed by atoms with E-state index in [0.717, 1.165) is 25.0 Å². The van der Waals surface area contributed by atoms with Gasteiger partial charge in [-0.15, -0.1) is 10.2 Å². The molecule has 0 spiro atoms. The van der Waals surface area contributed by atoms with Crippen LogP contribution >= 0.6 is 11.8 Å². The summed E-state index contributed by atoms with van der Waals surface area (Å²) in [6.45, 7) is 2.65. The predicted octanol–water partition coefficient (Wildman–Crippen LogP) is 4.16. The number of hydrogen-bond acceptors (Lipinski definition) is 8. The average molecular weight is 434 g/mol. The Morgan fingerprint density at radius 3 is 2.43 bits per heavy atom. The molecule has 0 N–H and O–H groups in total. The Morgan fingerprint density at radius 1 is 1.13 bits per heavy atom. The Morgan fingerprint density at radius 2 is 1.87 bits per heavy atom. The van der Waals surface area contributed by atoms with E-state index >= 15 is 0 Å². The van der Waals surface area contributed by atoms with Crippen molar-refractivity contribution in [2.75, 3.05) is 33.6 Å². The molecule has 3 rings (SSSR count). The number of carbonyl (C=O) groups is 1. The first-order chi connectivity index (χ1) is 14.6. The third-order valence-electron chi connectivity index (χ3n) is 4.87. The third-order valence-corrected chi connectivity index (χ3v) is 5.67. The largest absolute Gasteiger partial charge is 0.493 e. The maximum Gasteiger partial charge on any atom is 0.277 e. The topological polar surface area (TPSA) is 86.9 Å². The highest BCUT2D eigenvalue weighted by atomic mass is 32.2. The lowest BCUT2D eigenvalue weighted by atomic mass is 10.0. The van der Waals surface area contributed by atoms with Gasteiger partial charge in [-0.05, 0) is 44.7 Å². The molecule has 0 bridgehead atoms. The summed E-state index contributed by atoms with van der Waals surface area (Å²) in [5.41, 5.74) is 1.76. The summed E-state index contributed by atoms with van der Waals surface area (Å²) in [7, 11) is 4.63. The van der Waals surface area contributed by atoms with Crippen LogP contribution in [0.25, 0.3) is 11.5 Å². The number of nitrogens with zero attached hydrogens (tertiary/aromatic N) is 3. The number of aromatic nitrogens is 2. The molecule has 1 heterocycles. The lowest BCUT2D eigenvalue weighted by Crippen LogP contribution is -2.32. The van der Waals surface area contributed by atoms with Gasteiger partial charge in [0.25, 0.3) is 5.22 Å². The molecule has 0 aliphatic heterocycles. The van der Waals surface area contributed by atoms with Crippen LogP contribution in [0.3, 0.4) is 0 Å². The summed E-state index contributed by atoms with van der Waals surface area (Å²) < 4.78 is 21.8. The zero-order valence-electron chi connectivity index (χ0n) is 17.8. The van der Waals surface area contributed by atoms with Crippen molar-refractivity contribution in [3.05, 3.63) is 23.9 Å². The lowest BCUT2D eigenvalue weighted by molar-refractivity contribution is -0.126. The van der Waals surface area contributed by atoms with Gasteiger partial charge in [0, 0.05) is 17.8 Å². The fourth-order valence-electron chi connectivity index (χ4n) is 3.40. The molecule has 0 saturated carbocycles. The smallest absolute Gasteiger partial charge is 0.277 e. The number of hydrogen-bond donors (Lipinski definition) is 0. The number of ether oxygens (including phenoxy) is 3. The first-order valence-corrected chi connectivity index (χ1v) is 10.9.